The van der Waals surface area contributed by atoms with Gasteiger partial charge in [0.2, 0.25) is 5.91 Å². The van der Waals surface area contributed by atoms with Crippen molar-refractivity contribution in [3.8, 4) is 0 Å². The van der Waals surface area contributed by atoms with Gasteiger partial charge < -0.3 is 19.9 Å². The van der Waals surface area contributed by atoms with Gasteiger partial charge in [0.25, 0.3) is 0 Å². The summed E-state index contributed by atoms with van der Waals surface area (Å²) in [5.74, 6) is 0.955. The molecule has 1 saturated heterocycles. The Morgan fingerprint density at radius 2 is 2.21 bits per heavy atom. The second kappa shape index (κ2) is 7.73. The van der Waals surface area contributed by atoms with E-state index in [0.717, 1.165) is 31.2 Å². The van der Waals surface area contributed by atoms with E-state index in [9.17, 15) is 4.79 Å². The van der Waals surface area contributed by atoms with Gasteiger partial charge in [0.1, 0.15) is 6.54 Å². The zero-order chi connectivity index (χ0) is 19.7. The van der Waals surface area contributed by atoms with Crippen LogP contribution in [0, 0.1) is 5.41 Å². The van der Waals surface area contributed by atoms with Gasteiger partial charge >= 0.3 is 0 Å². The number of ether oxygens (including phenoxy) is 1. The molecule has 1 N–H and O–H groups in total. The van der Waals surface area contributed by atoms with E-state index in [1.165, 1.54) is 19.3 Å². The number of guanidine groups is 1. The van der Waals surface area contributed by atoms with E-state index in [-0.39, 0.29) is 11.3 Å². The van der Waals surface area contributed by atoms with Crippen LogP contribution < -0.4 is 10.2 Å². The molecule has 8 heteroatoms. The van der Waals surface area contributed by atoms with Crippen LogP contribution in [-0.2, 0) is 16.6 Å². The summed E-state index contributed by atoms with van der Waals surface area (Å²) in [6, 6.07) is 0.398. The summed E-state index contributed by atoms with van der Waals surface area (Å²) in [5, 5.41) is 7.88. The van der Waals surface area contributed by atoms with E-state index < -0.39 is 0 Å². The Balaban J connectivity index is 1.41. The molecule has 2 heterocycles. The number of nitrogens with zero attached hydrogens (tertiary/aromatic N) is 5. The summed E-state index contributed by atoms with van der Waals surface area (Å²) in [6.45, 7) is 7.35. The van der Waals surface area contributed by atoms with Crippen molar-refractivity contribution in [2.45, 2.75) is 51.7 Å². The molecule has 0 bridgehead atoms. The summed E-state index contributed by atoms with van der Waals surface area (Å²) in [4.78, 5) is 21.4. The van der Waals surface area contributed by atoms with Gasteiger partial charge in [0.15, 0.2) is 5.96 Å². The van der Waals surface area contributed by atoms with Crippen molar-refractivity contribution in [1.29, 1.82) is 0 Å². The molecular formula is C20H32N6O2. The van der Waals surface area contributed by atoms with Crippen molar-refractivity contribution in [1.82, 2.24) is 20.0 Å². The lowest BCUT2D eigenvalue weighted by Crippen LogP contribution is -2.69. The SMILES string of the molecule is CCN=C(NC1CC(OCC)C12CCC2)N1CCN(c2cnn(C)c2)C(=O)C1. The van der Waals surface area contributed by atoms with Gasteiger partial charge in [0, 0.05) is 50.9 Å². The third-order valence-electron chi connectivity index (χ3n) is 6.57. The minimum absolute atomic E-state index is 0.0870. The van der Waals surface area contributed by atoms with E-state index >= 15 is 0 Å². The molecule has 3 aliphatic rings. The quantitative estimate of drug-likeness (QED) is 0.609. The number of rotatable bonds is 5. The molecule has 1 amide bonds. The summed E-state index contributed by atoms with van der Waals surface area (Å²) in [6.07, 6.45) is 8.76. The molecule has 0 aromatic carbocycles. The lowest BCUT2D eigenvalue weighted by Gasteiger charge is -2.61. The van der Waals surface area contributed by atoms with Crippen molar-refractivity contribution < 1.29 is 9.53 Å². The second-order valence-electron chi connectivity index (χ2n) is 8.10. The van der Waals surface area contributed by atoms with Crippen LogP contribution in [0.3, 0.4) is 0 Å². The number of carbonyl (C=O) groups excluding carboxylic acids is 1. The van der Waals surface area contributed by atoms with E-state index in [1.54, 1.807) is 10.9 Å². The van der Waals surface area contributed by atoms with Crippen LogP contribution in [0.4, 0.5) is 5.69 Å². The average molecular weight is 389 g/mol. The monoisotopic (exact) mass is 388 g/mol. The lowest BCUT2D eigenvalue weighted by molar-refractivity contribution is -0.169. The predicted molar refractivity (Wildman–Crippen MR) is 108 cm³/mol. The minimum Gasteiger partial charge on any atom is -0.378 e. The number of aryl methyl sites for hydroxylation is 1. The molecule has 2 atom stereocenters. The molecule has 2 saturated carbocycles. The van der Waals surface area contributed by atoms with Crippen LogP contribution >= 0.6 is 0 Å². The normalized spacial score (nSPS) is 27.0. The fourth-order valence-corrected chi connectivity index (χ4v) is 4.86. The standard InChI is InChI=1S/C20H32N6O2/c1-4-21-19(23-16-11-17(28-5-2)20(16)7-6-8-20)25-9-10-26(18(27)14-25)15-12-22-24(3)13-15/h12-13,16-17H,4-11,14H2,1-3H3,(H,21,23). The molecule has 8 nitrogen and oxygen atoms in total. The zero-order valence-electron chi connectivity index (χ0n) is 17.2. The van der Waals surface area contributed by atoms with E-state index in [0.29, 0.717) is 31.8 Å². The Morgan fingerprint density at radius 1 is 1.39 bits per heavy atom. The van der Waals surface area contributed by atoms with Gasteiger partial charge in [0.05, 0.1) is 18.0 Å². The number of nitrogens with one attached hydrogen (secondary N) is 1. The summed E-state index contributed by atoms with van der Waals surface area (Å²) < 4.78 is 7.70. The number of hydrogen-bond acceptors (Lipinski definition) is 4. The number of aliphatic imine (C=N–C) groups is 1. The van der Waals surface area contributed by atoms with Gasteiger partial charge in [-0.15, -0.1) is 0 Å². The first kappa shape index (κ1) is 19.2. The number of hydrogen-bond donors (Lipinski definition) is 1. The van der Waals surface area contributed by atoms with Gasteiger partial charge in [-0.25, -0.2) is 0 Å². The highest BCUT2D eigenvalue weighted by Gasteiger charge is 2.59. The maximum absolute atomic E-state index is 12.8. The molecule has 1 spiro atoms. The van der Waals surface area contributed by atoms with Crippen LogP contribution in [0.1, 0.15) is 39.5 Å². The minimum atomic E-state index is 0.0870. The van der Waals surface area contributed by atoms with E-state index in [4.69, 9.17) is 9.73 Å². The first-order chi connectivity index (χ1) is 13.6. The Bertz CT molecular complexity index is 741. The molecule has 4 rings (SSSR count). The highest BCUT2D eigenvalue weighted by atomic mass is 16.5. The van der Waals surface area contributed by atoms with Crippen molar-refractivity contribution >= 4 is 17.6 Å². The molecule has 1 aliphatic heterocycles. The smallest absolute Gasteiger partial charge is 0.246 e. The van der Waals surface area contributed by atoms with Crippen LogP contribution in [-0.4, -0.2) is 71.5 Å². The molecule has 28 heavy (non-hydrogen) atoms. The molecule has 1 aromatic heterocycles. The largest absolute Gasteiger partial charge is 0.378 e. The number of aromatic nitrogens is 2. The maximum atomic E-state index is 12.8. The molecule has 2 unspecified atom stereocenters. The van der Waals surface area contributed by atoms with Crippen LogP contribution in [0.15, 0.2) is 17.4 Å². The van der Waals surface area contributed by atoms with Gasteiger partial charge in [-0.3, -0.25) is 14.5 Å². The summed E-state index contributed by atoms with van der Waals surface area (Å²) >= 11 is 0. The number of amides is 1. The third kappa shape index (κ3) is 3.27. The molecule has 3 fully saturated rings. The van der Waals surface area contributed by atoms with Crippen molar-refractivity contribution in [2.24, 2.45) is 17.5 Å². The first-order valence-corrected chi connectivity index (χ1v) is 10.5. The van der Waals surface area contributed by atoms with Gasteiger partial charge in [-0.1, -0.05) is 6.42 Å². The van der Waals surface area contributed by atoms with E-state index in [1.807, 2.05) is 25.1 Å². The molecule has 1 aromatic rings. The van der Waals surface area contributed by atoms with Crippen LogP contribution in [0.25, 0.3) is 0 Å². The van der Waals surface area contributed by atoms with Crippen LogP contribution in [0.2, 0.25) is 0 Å². The first-order valence-electron chi connectivity index (χ1n) is 10.5. The van der Waals surface area contributed by atoms with Crippen molar-refractivity contribution in [3.05, 3.63) is 12.4 Å². The Labute approximate surface area is 166 Å². The number of piperazine rings is 1. The van der Waals surface area contributed by atoms with Crippen LogP contribution in [0.5, 0.6) is 0 Å². The Kier molecular flexibility index (Phi) is 5.31. The molecule has 0 radical (unpaired) electrons. The number of carbonyl (C=O) groups is 1. The molecule has 2 aliphatic carbocycles. The highest BCUT2D eigenvalue weighted by molar-refractivity contribution is 5.98. The van der Waals surface area contributed by atoms with Crippen molar-refractivity contribution in [3.63, 3.8) is 0 Å². The van der Waals surface area contributed by atoms with E-state index in [2.05, 4.69) is 22.2 Å². The third-order valence-corrected chi connectivity index (χ3v) is 6.57. The predicted octanol–water partition coefficient (Wildman–Crippen LogP) is 1.38. The van der Waals surface area contributed by atoms with Crippen molar-refractivity contribution in [2.75, 3.05) is 37.7 Å². The topological polar surface area (TPSA) is 75.0 Å². The lowest BCUT2D eigenvalue weighted by atomic mass is 9.51. The molecular weight excluding hydrogens is 356 g/mol. The fourth-order valence-electron chi connectivity index (χ4n) is 4.86. The second-order valence-corrected chi connectivity index (χ2v) is 8.10. The summed E-state index contributed by atoms with van der Waals surface area (Å²) in [5.41, 5.74) is 1.13. The Morgan fingerprint density at radius 3 is 2.79 bits per heavy atom. The Hall–Kier alpha value is -2.09. The fraction of sp³-hybridized carbons (Fsp3) is 0.750. The van der Waals surface area contributed by atoms with Gasteiger partial charge in [-0.05, 0) is 33.1 Å². The maximum Gasteiger partial charge on any atom is 0.246 e. The zero-order valence-corrected chi connectivity index (χ0v) is 17.2. The summed E-state index contributed by atoms with van der Waals surface area (Å²) in [7, 11) is 1.87. The molecule has 154 valence electrons. The highest BCUT2D eigenvalue weighted by Crippen LogP contribution is 2.57. The average Bonchev–Trinajstić information content (AvgIpc) is 3.04. The number of anilines is 1. The van der Waals surface area contributed by atoms with Gasteiger partial charge in [-0.2, -0.15) is 5.10 Å².